The van der Waals surface area contributed by atoms with Gasteiger partial charge in [0.05, 0.1) is 0 Å². The van der Waals surface area contributed by atoms with Crippen LogP contribution in [0.5, 0.6) is 0 Å². The van der Waals surface area contributed by atoms with Crippen LogP contribution in [0, 0.1) is 0 Å². The smallest absolute Gasteiger partial charge is 0.390 e. The molecule has 0 atom stereocenters. The van der Waals surface area contributed by atoms with Gasteiger partial charge in [0, 0.05) is 20.7 Å². The predicted octanol–water partition coefficient (Wildman–Crippen LogP) is 5.38. The van der Waals surface area contributed by atoms with E-state index in [4.69, 9.17) is 24.7 Å². The molecule has 0 bridgehead atoms. The highest BCUT2D eigenvalue weighted by atomic mass is 28.5. The molecule has 0 unspecified atom stereocenters. The molecule has 3 aliphatic heterocycles. The van der Waals surface area contributed by atoms with Crippen molar-refractivity contribution in [1.82, 2.24) is 0 Å². The third kappa shape index (κ3) is 5.01. The molecule has 2 spiro atoms. The van der Waals surface area contributed by atoms with E-state index in [2.05, 4.69) is 149 Å². The first-order chi connectivity index (χ1) is 20.7. The van der Waals surface area contributed by atoms with Gasteiger partial charge in [-0.1, -0.05) is 97.1 Å². The maximum atomic E-state index is 7.47. The minimum atomic E-state index is -3.27. The Labute approximate surface area is 267 Å². The van der Waals surface area contributed by atoms with Crippen LogP contribution in [0.3, 0.4) is 0 Å². The van der Waals surface area contributed by atoms with Crippen LogP contribution >= 0.6 is 0 Å². The molecule has 3 heterocycles. The number of benzene rings is 4. The van der Waals surface area contributed by atoms with Crippen molar-refractivity contribution >= 4 is 72.1 Å². The maximum absolute atomic E-state index is 7.47. The van der Waals surface area contributed by atoms with Crippen molar-refractivity contribution in [2.24, 2.45) is 0 Å². The van der Waals surface area contributed by atoms with Gasteiger partial charge < -0.3 is 24.7 Å². The minimum absolute atomic E-state index is 1.12. The number of hydrogen-bond donors (Lipinski definition) is 0. The molecule has 228 valence electrons. The molecule has 0 N–H and O–H groups in total. The van der Waals surface area contributed by atoms with Gasteiger partial charge in [0.25, 0.3) is 0 Å². The van der Waals surface area contributed by atoms with E-state index in [-0.39, 0.29) is 0 Å². The van der Waals surface area contributed by atoms with Crippen molar-refractivity contribution in [3.63, 3.8) is 0 Å². The van der Waals surface area contributed by atoms with Crippen molar-refractivity contribution in [1.29, 1.82) is 0 Å². The molecular formula is C32H40O6Si6. The van der Waals surface area contributed by atoms with Gasteiger partial charge in [0.15, 0.2) is 0 Å². The summed E-state index contributed by atoms with van der Waals surface area (Å²) in [5.74, 6) is 0. The first-order valence-corrected chi connectivity index (χ1v) is 30.2. The zero-order valence-corrected chi connectivity index (χ0v) is 32.7. The Bertz CT molecular complexity index is 1520. The molecule has 0 amide bonds. The Morgan fingerprint density at radius 2 is 0.500 bits per heavy atom. The molecule has 4 aromatic rings. The van der Waals surface area contributed by atoms with Crippen LogP contribution in [0.1, 0.15) is 0 Å². The molecule has 44 heavy (non-hydrogen) atoms. The number of fused-ring (bicyclic) bond motifs is 10. The highest BCUT2D eigenvalue weighted by molar-refractivity contribution is 7.07. The quantitative estimate of drug-likeness (QED) is 0.232. The normalized spacial score (nSPS) is 23.1. The van der Waals surface area contributed by atoms with Gasteiger partial charge in [-0.3, -0.25) is 0 Å². The third-order valence-electron chi connectivity index (χ3n) is 8.25. The Kier molecular flexibility index (Phi) is 7.10. The Morgan fingerprint density at radius 3 is 0.727 bits per heavy atom. The van der Waals surface area contributed by atoms with Gasteiger partial charge >= 0.3 is 51.4 Å². The van der Waals surface area contributed by atoms with E-state index in [1.165, 1.54) is 22.3 Å². The van der Waals surface area contributed by atoms with Crippen LogP contribution in [-0.4, -0.2) is 51.4 Å². The highest BCUT2D eigenvalue weighted by Gasteiger charge is 2.62. The molecule has 4 aromatic carbocycles. The maximum Gasteiger partial charge on any atom is 0.390 e. The van der Waals surface area contributed by atoms with Gasteiger partial charge in [0.1, 0.15) is 0 Å². The number of rotatable bonds is 0. The lowest BCUT2D eigenvalue weighted by Gasteiger charge is -2.48. The van der Waals surface area contributed by atoms with Gasteiger partial charge in [-0.05, 0) is 74.6 Å². The van der Waals surface area contributed by atoms with Crippen molar-refractivity contribution in [3.05, 3.63) is 97.1 Å². The van der Waals surface area contributed by atoms with Crippen LogP contribution in [0.25, 0.3) is 22.3 Å². The molecule has 7 rings (SSSR count). The Morgan fingerprint density at radius 1 is 0.295 bits per heavy atom. The molecule has 0 saturated carbocycles. The lowest BCUT2D eigenvalue weighted by atomic mass is 10.1. The molecule has 0 radical (unpaired) electrons. The van der Waals surface area contributed by atoms with Gasteiger partial charge in [-0.2, -0.15) is 0 Å². The molecular weight excluding hydrogens is 649 g/mol. The fourth-order valence-electron chi connectivity index (χ4n) is 7.44. The molecule has 1 fully saturated rings. The van der Waals surface area contributed by atoms with E-state index in [0.717, 1.165) is 20.7 Å². The zero-order valence-electron chi connectivity index (χ0n) is 26.7. The SMILES string of the molecule is C[Si]1(C)O[Si](C)(C)O[Si]2(O[Si](C)(C)O[Si](C)(C)O[Si]3(O1)c1ccccc1-c1ccccc13)c1ccccc1-c1ccccc12. The predicted molar refractivity (Wildman–Crippen MR) is 190 cm³/mol. The van der Waals surface area contributed by atoms with Crippen LogP contribution in [0.2, 0.25) is 52.4 Å². The fourth-order valence-corrected chi connectivity index (χ4v) is 38.9. The van der Waals surface area contributed by atoms with Crippen LogP contribution in [0.15, 0.2) is 97.1 Å². The highest BCUT2D eigenvalue weighted by Crippen LogP contribution is 2.38. The lowest BCUT2D eigenvalue weighted by Crippen LogP contribution is -2.74. The topological polar surface area (TPSA) is 55.4 Å². The largest absolute Gasteiger partial charge is 0.416 e. The van der Waals surface area contributed by atoms with Crippen molar-refractivity contribution in [3.8, 4) is 22.3 Å². The summed E-state index contributed by atoms with van der Waals surface area (Å²) in [7, 11) is -18.2. The third-order valence-corrected chi connectivity index (χ3v) is 33.2. The summed E-state index contributed by atoms with van der Waals surface area (Å²) in [6.07, 6.45) is 0. The molecule has 3 aliphatic rings. The lowest BCUT2D eigenvalue weighted by molar-refractivity contribution is 0.250. The minimum Gasteiger partial charge on any atom is -0.416 e. The summed E-state index contributed by atoms with van der Waals surface area (Å²) in [6.45, 7) is 17.1. The van der Waals surface area contributed by atoms with E-state index in [9.17, 15) is 0 Å². The summed E-state index contributed by atoms with van der Waals surface area (Å²) in [5.41, 5.74) is 4.68. The van der Waals surface area contributed by atoms with Crippen molar-refractivity contribution in [2.75, 3.05) is 0 Å². The van der Waals surface area contributed by atoms with E-state index in [1.807, 2.05) is 0 Å². The van der Waals surface area contributed by atoms with Gasteiger partial charge in [0.2, 0.25) is 0 Å². The first-order valence-electron chi connectivity index (χ1n) is 15.3. The van der Waals surface area contributed by atoms with E-state index in [1.54, 1.807) is 0 Å². The average Bonchev–Trinajstić information content (AvgIpc) is 3.33. The first kappa shape index (κ1) is 30.6. The molecule has 1 saturated heterocycles. The second-order valence-electron chi connectivity index (χ2n) is 13.6. The van der Waals surface area contributed by atoms with Crippen molar-refractivity contribution < 1.29 is 24.7 Å². The van der Waals surface area contributed by atoms with Gasteiger partial charge in [-0.25, -0.2) is 0 Å². The van der Waals surface area contributed by atoms with E-state index >= 15 is 0 Å². The summed E-state index contributed by atoms with van der Waals surface area (Å²) in [4.78, 5) is 0. The van der Waals surface area contributed by atoms with Crippen molar-refractivity contribution in [2.45, 2.75) is 52.4 Å². The van der Waals surface area contributed by atoms with Crippen LogP contribution in [-0.2, 0) is 24.7 Å². The number of hydrogen-bond acceptors (Lipinski definition) is 6. The van der Waals surface area contributed by atoms with Crippen LogP contribution in [0.4, 0.5) is 0 Å². The summed E-state index contributed by atoms with van der Waals surface area (Å²) >= 11 is 0. The molecule has 6 nitrogen and oxygen atoms in total. The second kappa shape index (κ2) is 10.2. The monoisotopic (exact) mass is 688 g/mol. The second-order valence-corrected chi connectivity index (χ2v) is 34.3. The molecule has 0 aliphatic carbocycles. The van der Waals surface area contributed by atoms with Gasteiger partial charge in [-0.15, -0.1) is 0 Å². The summed E-state index contributed by atoms with van der Waals surface area (Å²) in [5, 5.41) is 4.49. The Hall–Kier alpha value is -2.06. The van der Waals surface area contributed by atoms with E-state index < -0.39 is 51.4 Å². The summed E-state index contributed by atoms with van der Waals surface area (Å²) in [6, 6.07) is 34.1. The Balaban J connectivity index is 1.42. The fraction of sp³-hybridized carbons (Fsp3) is 0.250. The summed E-state index contributed by atoms with van der Waals surface area (Å²) < 4.78 is 44.3. The standard InChI is InChI=1S/C32H40O6Si6/c1-39(2)33-40(3,4)36-44(31-23-15-11-19-27(31)28-20-12-16-24-32(28)44)38-42(7,8)34-41(5,6)37-43(35-39)29-21-13-9-17-25(29)26-18-10-14-22-30(26)43/h9-24H,1-8H3. The molecule has 0 aromatic heterocycles. The average molecular weight is 689 g/mol. The molecule has 12 heteroatoms. The van der Waals surface area contributed by atoms with Crippen LogP contribution < -0.4 is 20.7 Å². The zero-order chi connectivity index (χ0) is 31.2. The van der Waals surface area contributed by atoms with E-state index in [0.29, 0.717) is 0 Å².